The predicted octanol–water partition coefficient (Wildman–Crippen LogP) is 2.58. The van der Waals surface area contributed by atoms with Crippen LogP contribution in [0.5, 0.6) is 5.75 Å². The monoisotopic (exact) mass is 257 g/mol. The second-order valence-corrected chi connectivity index (χ2v) is 4.30. The molecule has 1 aromatic carbocycles. The van der Waals surface area contributed by atoms with Gasteiger partial charge in [-0.05, 0) is 31.3 Å². The number of pyridine rings is 1. The van der Waals surface area contributed by atoms with Crippen LogP contribution in [0.3, 0.4) is 0 Å². The van der Waals surface area contributed by atoms with Crippen LogP contribution in [0.25, 0.3) is 0 Å². The zero-order valence-electron chi connectivity index (χ0n) is 11.6. The van der Waals surface area contributed by atoms with Crippen LogP contribution in [0.2, 0.25) is 0 Å². The molecule has 2 aromatic rings. The first kappa shape index (κ1) is 13.4. The molecule has 1 aromatic heterocycles. The normalized spacial score (nSPS) is 10.3. The van der Waals surface area contributed by atoms with E-state index < -0.39 is 0 Å². The topological polar surface area (TPSA) is 37.4 Å². The van der Waals surface area contributed by atoms with E-state index in [4.69, 9.17) is 4.74 Å². The van der Waals surface area contributed by atoms with E-state index in [1.807, 2.05) is 44.6 Å². The Morgan fingerprint density at radius 3 is 2.74 bits per heavy atom. The van der Waals surface area contributed by atoms with Gasteiger partial charge in [0.05, 0.1) is 12.8 Å². The van der Waals surface area contributed by atoms with Gasteiger partial charge in [-0.25, -0.2) is 0 Å². The molecule has 0 unspecified atom stereocenters. The van der Waals surface area contributed by atoms with Crippen molar-refractivity contribution in [2.24, 2.45) is 0 Å². The largest absolute Gasteiger partial charge is 0.497 e. The van der Waals surface area contributed by atoms with Crippen molar-refractivity contribution in [3.05, 3.63) is 48.3 Å². The van der Waals surface area contributed by atoms with Crippen LogP contribution in [0.15, 0.2) is 42.6 Å². The van der Waals surface area contributed by atoms with Crippen LogP contribution in [0, 0.1) is 0 Å². The van der Waals surface area contributed by atoms with Gasteiger partial charge in [-0.15, -0.1) is 0 Å². The molecule has 2 rings (SSSR count). The maximum atomic E-state index is 5.25. The number of rotatable bonds is 5. The average Bonchev–Trinajstić information content (AvgIpc) is 2.47. The van der Waals surface area contributed by atoms with E-state index >= 15 is 0 Å². The number of nitrogens with zero attached hydrogens (tertiary/aromatic N) is 2. The first-order valence-electron chi connectivity index (χ1n) is 6.22. The summed E-state index contributed by atoms with van der Waals surface area (Å²) in [6.07, 6.45) is 1.83. The molecule has 0 aliphatic carbocycles. The number of nitrogens with one attached hydrogen (secondary N) is 1. The van der Waals surface area contributed by atoms with Gasteiger partial charge in [-0.1, -0.05) is 6.07 Å². The summed E-state index contributed by atoms with van der Waals surface area (Å²) < 4.78 is 5.25. The van der Waals surface area contributed by atoms with Crippen molar-refractivity contribution in [3.8, 4) is 5.75 Å². The molecule has 0 aliphatic heterocycles. The first-order valence-corrected chi connectivity index (χ1v) is 6.22. The lowest BCUT2D eigenvalue weighted by molar-refractivity contribution is 0.415. The Hall–Kier alpha value is -2.07. The Bertz CT molecular complexity index is 542. The molecule has 0 fully saturated rings. The Labute approximate surface area is 114 Å². The highest BCUT2D eigenvalue weighted by molar-refractivity contribution is 5.63. The molecule has 1 heterocycles. The second kappa shape index (κ2) is 6.20. The fourth-order valence-corrected chi connectivity index (χ4v) is 1.92. The maximum Gasteiger partial charge on any atom is 0.120 e. The van der Waals surface area contributed by atoms with Crippen molar-refractivity contribution in [2.75, 3.05) is 26.1 Å². The highest BCUT2D eigenvalue weighted by atomic mass is 16.5. The zero-order chi connectivity index (χ0) is 13.7. The molecule has 0 bridgehead atoms. The van der Waals surface area contributed by atoms with E-state index in [2.05, 4.69) is 27.3 Å². The summed E-state index contributed by atoms with van der Waals surface area (Å²) in [5, 5.41) is 3.11. The number of hydrogen-bond donors (Lipinski definition) is 1. The predicted molar refractivity (Wildman–Crippen MR) is 78.1 cm³/mol. The Morgan fingerprint density at radius 2 is 2.00 bits per heavy atom. The van der Waals surface area contributed by atoms with Gasteiger partial charge >= 0.3 is 0 Å². The van der Waals surface area contributed by atoms with Crippen LogP contribution in [0.1, 0.15) is 5.69 Å². The summed E-state index contributed by atoms with van der Waals surface area (Å²) in [7, 11) is 5.63. The van der Waals surface area contributed by atoms with Crippen molar-refractivity contribution < 1.29 is 4.74 Å². The van der Waals surface area contributed by atoms with Gasteiger partial charge in [-0.2, -0.15) is 0 Å². The van der Waals surface area contributed by atoms with Gasteiger partial charge in [0.25, 0.3) is 0 Å². The number of ether oxygens (including phenoxy) is 1. The molecule has 4 heteroatoms. The van der Waals surface area contributed by atoms with Crippen LogP contribution >= 0.6 is 0 Å². The molecule has 1 N–H and O–H groups in total. The van der Waals surface area contributed by atoms with Gasteiger partial charge in [0.2, 0.25) is 0 Å². The molecule has 0 radical (unpaired) electrons. The van der Waals surface area contributed by atoms with Crippen molar-refractivity contribution in [1.29, 1.82) is 0 Å². The molecule has 0 saturated carbocycles. The third-order valence-corrected chi connectivity index (χ3v) is 2.99. The van der Waals surface area contributed by atoms with Gasteiger partial charge in [0.1, 0.15) is 5.75 Å². The minimum atomic E-state index is 0.764. The average molecular weight is 257 g/mol. The minimum absolute atomic E-state index is 0.764. The first-order chi connectivity index (χ1) is 9.24. The van der Waals surface area contributed by atoms with Gasteiger partial charge in [-0.3, -0.25) is 4.98 Å². The van der Waals surface area contributed by atoms with Crippen molar-refractivity contribution in [3.63, 3.8) is 0 Å². The fourth-order valence-electron chi connectivity index (χ4n) is 1.92. The molecular formula is C15H19N3O. The number of aromatic nitrogens is 1. The van der Waals surface area contributed by atoms with Crippen molar-refractivity contribution in [2.45, 2.75) is 6.54 Å². The lowest BCUT2D eigenvalue weighted by atomic mass is 10.2. The minimum Gasteiger partial charge on any atom is -0.497 e. The summed E-state index contributed by atoms with van der Waals surface area (Å²) in [6, 6.07) is 12.1. The van der Waals surface area contributed by atoms with Crippen LogP contribution in [-0.4, -0.2) is 26.2 Å². The molecular weight excluding hydrogens is 238 g/mol. The van der Waals surface area contributed by atoms with Gasteiger partial charge < -0.3 is 15.0 Å². The van der Waals surface area contributed by atoms with E-state index in [9.17, 15) is 0 Å². The quantitative estimate of drug-likeness (QED) is 0.893. The Morgan fingerprint density at radius 1 is 1.21 bits per heavy atom. The maximum absolute atomic E-state index is 5.25. The summed E-state index contributed by atoms with van der Waals surface area (Å²) in [6.45, 7) is 0.764. The molecule has 0 spiro atoms. The second-order valence-electron chi connectivity index (χ2n) is 4.30. The van der Waals surface area contributed by atoms with E-state index in [-0.39, 0.29) is 0 Å². The Balaban J connectivity index is 2.27. The summed E-state index contributed by atoms with van der Waals surface area (Å²) in [5.74, 6) is 0.855. The highest BCUT2D eigenvalue weighted by Gasteiger charge is 2.06. The number of anilines is 2. The molecule has 100 valence electrons. The van der Waals surface area contributed by atoms with Crippen LogP contribution in [0.4, 0.5) is 11.4 Å². The van der Waals surface area contributed by atoms with Crippen LogP contribution < -0.4 is 15.0 Å². The number of hydrogen-bond acceptors (Lipinski definition) is 4. The van der Waals surface area contributed by atoms with E-state index in [1.54, 1.807) is 7.11 Å². The SMILES string of the molecule is CNCc1cc(N(C)c2cccc(OC)c2)ccn1. The van der Waals surface area contributed by atoms with E-state index in [0.29, 0.717) is 0 Å². The molecule has 4 nitrogen and oxygen atoms in total. The smallest absolute Gasteiger partial charge is 0.120 e. The van der Waals surface area contributed by atoms with Gasteiger partial charge in [0, 0.05) is 37.2 Å². The van der Waals surface area contributed by atoms with E-state index in [0.717, 1.165) is 29.4 Å². The standard InChI is InChI=1S/C15H19N3O/c1-16-11-12-9-14(7-8-17-12)18(2)13-5-4-6-15(10-13)19-3/h4-10,16H,11H2,1-3H3. The third-order valence-electron chi connectivity index (χ3n) is 2.99. The van der Waals surface area contributed by atoms with E-state index in [1.165, 1.54) is 0 Å². The fraction of sp³-hybridized carbons (Fsp3) is 0.267. The van der Waals surface area contributed by atoms with Crippen LogP contribution in [-0.2, 0) is 6.54 Å². The van der Waals surface area contributed by atoms with Gasteiger partial charge in [0.15, 0.2) is 0 Å². The number of methoxy groups -OCH3 is 1. The van der Waals surface area contributed by atoms with Crippen molar-refractivity contribution in [1.82, 2.24) is 10.3 Å². The molecule has 19 heavy (non-hydrogen) atoms. The zero-order valence-corrected chi connectivity index (χ0v) is 11.6. The molecule has 0 aliphatic rings. The molecule has 0 saturated heterocycles. The molecule has 0 atom stereocenters. The van der Waals surface area contributed by atoms with Crippen molar-refractivity contribution >= 4 is 11.4 Å². The third kappa shape index (κ3) is 3.23. The summed E-state index contributed by atoms with van der Waals surface area (Å²) in [5.41, 5.74) is 3.21. The number of benzene rings is 1. The lowest BCUT2D eigenvalue weighted by Gasteiger charge is -2.20. The highest BCUT2D eigenvalue weighted by Crippen LogP contribution is 2.26. The summed E-state index contributed by atoms with van der Waals surface area (Å²) >= 11 is 0. The molecule has 0 amide bonds. The summed E-state index contributed by atoms with van der Waals surface area (Å²) in [4.78, 5) is 6.44. The Kier molecular flexibility index (Phi) is 4.36. The lowest BCUT2D eigenvalue weighted by Crippen LogP contribution is -2.12.